The maximum absolute atomic E-state index is 12.5. The van der Waals surface area contributed by atoms with Gasteiger partial charge in [-0.3, -0.25) is 9.78 Å². The van der Waals surface area contributed by atoms with Gasteiger partial charge in [0.2, 0.25) is 0 Å². The lowest BCUT2D eigenvalue weighted by atomic mass is 10.1. The van der Waals surface area contributed by atoms with Gasteiger partial charge >= 0.3 is 0 Å². The molecule has 0 spiro atoms. The van der Waals surface area contributed by atoms with Crippen LogP contribution in [0.3, 0.4) is 0 Å². The number of nitrogens with one attached hydrogen (secondary N) is 2. The fraction of sp³-hybridized carbons (Fsp3) is 0.185. The number of aromatic nitrogens is 1. The van der Waals surface area contributed by atoms with Gasteiger partial charge in [-0.2, -0.15) is 0 Å². The first-order chi connectivity index (χ1) is 16.2. The molecule has 6 heteroatoms. The lowest BCUT2D eigenvalue weighted by Crippen LogP contribution is -2.24. The molecule has 0 bridgehead atoms. The largest absolute Gasteiger partial charge is 0.493 e. The van der Waals surface area contributed by atoms with E-state index in [1.54, 1.807) is 20.4 Å². The smallest absolute Gasteiger partial charge is 0.251 e. The number of hydrogen-bond acceptors (Lipinski definition) is 5. The number of pyridine rings is 1. The highest BCUT2D eigenvalue weighted by molar-refractivity contribution is 5.96. The molecule has 0 saturated heterocycles. The van der Waals surface area contributed by atoms with Crippen LogP contribution in [0.1, 0.15) is 22.3 Å². The Morgan fingerprint density at radius 1 is 0.909 bits per heavy atom. The van der Waals surface area contributed by atoms with Gasteiger partial charge in [0.15, 0.2) is 11.5 Å². The van der Waals surface area contributed by atoms with Crippen molar-refractivity contribution in [1.29, 1.82) is 0 Å². The average molecular weight is 442 g/mol. The summed E-state index contributed by atoms with van der Waals surface area (Å²) in [4.78, 5) is 16.9. The minimum Gasteiger partial charge on any atom is -0.493 e. The number of fused-ring (bicyclic) bond motifs is 1. The number of anilines is 2. The standard InChI is InChI=1S/C27H27N3O3/c1-32-25-17-22-23(14-16-28-24(22)18-26(25)33-2)30-21-12-10-20(11-13-21)27(31)29-15-6-9-19-7-4-3-5-8-19/h3-5,7-8,10-14,16-18H,6,9,15H2,1-2H3,(H,28,30)(H,29,31). The minimum absolute atomic E-state index is 0.0687. The molecule has 0 saturated carbocycles. The Morgan fingerprint density at radius 3 is 2.36 bits per heavy atom. The highest BCUT2D eigenvalue weighted by Gasteiger charge is 2.11. The van der Waals surface area contributed by atoms with Crippen molar-refractivity contribution in [3.8, 4) is 11.5 Å². The van der Waals surface area contributed by atoms with Gasteiger partial charge in [-0.1, -0.05) is 30.3 Å². The van der Waals surface area contributed by atoms with E-state index in [2.05, 4.69) is 27.8 Å². The maximum atomic E-state index is 12.5. The molecule has 4 rings (SSSR count). The summed E-state index contributed by atoms with van der Waals surface area (Å²) in [6, 6.07) is 23.4. The minimum atomic E-state index is -0.0687. The normalized spacial score (nSPS) is 10.6. The SMILES string of the molecule is COc1cc2nccc(Nc3ccc(C(=O)NCCCc4ccccc4)cc3)c2cc1OC. The molecule has 0 aliphatic carbocycles. The summed E-state index contributed by atoms with van der Waals surface area (Å²) in [6.07, 6.45) is 3.59. The number of hydrogen-bond donors (Lipinski definition) is 2. The van der Waals surface area contributed by atoms with Gasteiger partial charge < -0.3 is 20.1 Å². The molecule has 1 aromatic heterocycles. The highest BCUT2D eigenvalue weighted by atomic mass is 16.5. The number of carbonyl (C=O) groups is 1. The first-order valence-electron chi connectivity index (χ1n) is 10.9. The highest BCUT2D eigenvalue weighted by Crippen LogP contribution is 2.35. The van der Waals surface area contributed by atoms with Crippen LogP contribution in [0.5, 0.6) is 11.5 Å². The lowest BCUT2D eigenvalue weighted by molar-refractivity contribution is 0.0953. The van der Waals surface area contributed by atoms with Gasteiger partial charge in [0.1, 0.15) is 0 Å². The van der Waals surface area contributed by atoms with E-state index in [0.29, 0.717) is 23.6 Å². The molecule has 6 nitrogen and oxygen atoms in total. The topological polar surface area (TPSA) is 72.5 Å². The summed E-state index contributed by atoms with van der Waals surface area (Å²) >= 11 is 0. The first-order valence-corrected chi connectivity index (χ1v) is 10.9. The molecule has 0 radical (unpaired) electrons. The average Bonchev–Trinajstić information content (AvgIpc) is 2.87. The van der Waals surface area contributed by atoms with Crippen molar-refractivity contribution in [3.63, 3.8) is 0 Å². The van der Waals surface area contributed by atoms with Crippen molar-refractivity contribution >= 4 is 28.2 Å². The van der Waals surface area contributed by atoms with Gasteiger partial charge in [-0.25, -0.2) is 0 Å². The van der Waals surface area contributed by atoms with Crippen molar-refractivity contribution in [3.05, 3.63) is 90.1 Å². The predicted octanol–water partition coefficient (Wildman–Crippen LogP) is 5.36. The maximum Gasteiger partial charge on any atom is 0.251 e. The second kappa shape index (κ2) is 10.5. The van der Waals surface area contributed by atoms with Gasteiger partial charge in [0.25, 0.3) is 5.91 Å². The molecule has 0 fully saturated rings. The summed E-state index contributed by atoms with van der Waals surface area (Å²) in [5.74, 6) is 1.20. The van der Waals surface area contributed by atoms with Crippen LogP contribution in [0.4, 0.5) is 11.4 Å². The number of amides is 1. The second-order valence-electron chi connectivity index (χ2n) is 7.63. The molecule has 1 amide bonds. The zero-order valence-electron chi connectivity index (χ0n) is 18.8. The van der Waals surface area contributed by atoms with Crippen LogP contribution in [-0.4, -0.2) is 31.7 Å². The molecule has 0 aliphatic heterocycles. The Labute approximate surface area is 193 Å². The molecular formula is C27H27N3O3. The van der Waals surface area contributed by atoms with E-state index in [9.17, 15) is 4.79 Å². The van der Waals surface area contributed by atoms with E-state index in [-0.39, 0.29) is 5.91 Å². The van der Waals surface area contributed by atoms with Gasteiger partial charge in [0, 0.05) is 41.1 Å². The van der Waals surface area contributed by atoms with Crippen LogP contribution in [0.2, 0.25) is 0 Å². The Hall–Kier alpha value is -4.06. The molecule has 4 aromatic rings. The van der Waals surface area contributed by atoms with E-state index in [0.717, 1.165) is 35.1 Å². The van der Waals surface area contributed by atoms with E-state index in [4.69, 9.17) is 9.47 Å². The predicted molar refractivity (Wildman–Crippen MR) is 132 cm³/mol. The third-order valence-electron chi connectivity index (χ3n) is 5.44. The van der Waals surface area contributed by atoms with Gasteiger partial charge in [-0.15, -0.1) is 0 Å². The van der Waals surface area contributed by atoms with Crippen molar-refractivity contribution in [2.75, 3.05) is 26.1 Å². The molecule has 3 aromatic carbocycles. The van der Waals surface area contributed by atoms with Crippen LogP contribution in [-0.2, 0) is 6.42 Å². The van der Waals surface area contributed by atoms with Gasteiger partial charge in [0.05, 0.1) is 19.7 Å². The molecular weight excluding hydrogens is 414 g/mol. The Bertz CT molecular complexity index is 1220. The lowest BCUT2D eigenvalue weighted by Gasteiger charge is -2.13. The van der Waals surface area contributed by atoms with E-state index < -0.39 is 0 Å². The zero-order valence-corrected chi connectivity index (χ0v) is 18.8. The quantitative estimate of drug-likeness (QED) is 0.342. The molecule has 0 unspecified atom stereocenters. The summed E-state index contributed by atoms with van der Waals surface area (Å²) in [6.45, 7) is 0.641. The number of carbonyl (C=O) groups excluding carboxylic acids is 1. The summed E-state index contributed by atoms with van der Waals surface area (Å²) in [5.41, 5.74) is 4.47. The first kappa shape index (κ1) is 22.1. The molecule has 168 valence electrons. The molecule has 33 heavy (non-hydrogen) atoms. The molecule has 1 heterocycles. The number of methoxy groups -OCH3 is 2. The third kappa shape index (κ3) is 5.41. The Balaban J connectivity index is 1.39. The Morgan fingerprint density at radius 2 is 1.64 bits per heavy atom. The fourth-order valence-electron chi connectivity index (χ4n) is 3.68. The van der Waals surface area contributed by atoms with Crippen LogP contribution in [0.25, 0.3) is 10.9 Å². The Kier molecular flexibility index (Phi) is 7.05. The zero-order chi connectivity index (χ0) is 23.0. The number of nitrogens with zero attached hydrogens (tertiary/aromatic N) is 1. The summed E-state index contributed by atoms with van der Waals surface area (Å²) in [7, 11) is 3.21. The fourth-order valence-corrected chi connectivity index (χ4v) is 3.68. The molecule has 0 atom stereocenters. The van der Waals surface area contributed by atoms with Crippen molar-refractivity contribution in [2.24, 2.45) is 0 Å². The van der Waals surface area contributed by atoms with Crippen LogP contribution in [0.15, 0.2) is 79.0 Å². The van der Waals surface area contributed by atoms with Crippen molar-refractivity contribution < 1.29 is 14.3 Å². The molecule has 2 N–H and O–H groups in total. The van der Waals surface area contributed by atoms with E-state index in [1.165, 1.54) is 5.56 Å². The molecule has 0 aliphatic rings. The van der Waals surface area contributed by atoms with Gasteiger partial charge in [-0.05, 0) is 54.8 Å². The van der Waals surface area contributed by atoms with Crippen molar-refractivity contribution in [2.45, 2.75) is 12.8 Å². The number of rotatable bonds is 9. The summed E-state index contributed by atoms with van der Waals surface area (Å²) in [5, 5.41) is 7.31. The van der Waals surface area contributed by atoms with Crippen LogP contribution < -0.4 is 20.1 Å². The van der Waals surface area contributed by atoms with E-state index >= 15 is 0 Å². The number of aryl methyl sites for hydroxylation is 1. The van der Waals surface area contributed by atoms with Crippen LogP contribution >= 0.6 is 0 Å². The monoisotopic (exact) mass is 441 g/mol. The van der Waals surface area contributed by atoms with Crippen LogP contribution in [0, 0.1) is 0 Å². The number of benzene rings is 3. The van der Waals surface area contributed by atoms with Crippen molar-refractivity contribution in [1.82, 2.24) is 10.3 Å². The third-order valence-corrected chi connectivity index (χ3v) is 5.44. The summed E-state index contributed by atoms with van der Waals surface area (Å²) < 4.78 is 10.8. The van der Waals surface area contributed by atoms with E-state index in [1.807, 2.05) is 60.7 Å². The number of ether oxygens (including phenoxy) is 2. The second-order valence-corrected chi connectivity index (χ2v) is 7.63.